The van der Waals surface area contributed by atoms with E-state index < -0.39 is 0 Å². The molecular formula is C13H18ClNO. The molecule has 0 spiro atoms. The lowest BCUT2D eigenvalue weighted by molar-refractivity contribution is 0.413. The number of methoxy groups -OCH3 is 1. The van der Waals surface area contributed by atoms with Crippen molar-refractivity contribution in [2.75, 3.05) is 13.7 Å². The van der Waals surface area contributed by atoms with Crippen molar-refractivity contribution in [3.8, 4) is 5.75 Å². The van der Waals surface area contributed by atoms with Gasteiger partial charge in [0.15, 0.2) is 0 Å². The van der Waals surface area contributed by atoms with E-state index in [9.17, 15) is 0 Å². The van der Waals surface area contributed by atoms with Crippen molar-refractivity contribution in [2.45, 2.75) is 19.8 Å². The lowest BCUT2D eigenvalue weighted by atomic mass is 10.1. The first-order chi connectivity index (χ1) is 7.69. The van der Waals surface area contributed by atoms with E-state index in [-0.39, 0.29) is 0 Å². The van der Waals surface area contributed by atoms with Crippen LogP contribution in [0.25, 0.3) is 6.08 Å². The Labute approximate surface area is 102 Å². The highest BCUT2D eigenvalue weighted by Crippen LogP contribution is 2.27. The number of benzene rings is 1. The zero-order valence-electron chi connectivity index (χ0n) is 9.79. The molecule has 0 saturated carbocycles. The fraction of sp³-hybridized carbons (Fsp3) is 0.385. The molecule has 1 aromatic rings. The molecule has 0 aromatic heterocycles. The van der Waals surface area contributed by atoms with Gasteiger partial charge in [0.25, 0.3) is 0 Å². The molecule has 0 radical (unpaired) electrons. The van der Waals surface area contributed by atoms with Crippen molar-refractivity contribution in [2.24, 2.45) is 5.73 Å². The lowest BCUT2D eigenvalue weighted by Gasteiger charge is -2.07. The van der Waals surface area contributed by atoms with Crippen LogP contribution in [-0.4, -0.2) is 13.7 Å². The fourth-order valence-corrected chi connectivity index (χ4v) is 1.60. The van der Waals surface area contributed by atoms with Gasteiger partial charge >= 0.3 is 0 Å². The van der Waals surface area contributed by atoms with Crippen molar-refractivity contribution < 1.29 is 4.74 Å². The van der Waals surface area contributed by atoms with Gasteiger partial charge in [0.05, 0.1) is 7.11 Å². The molecule has 1 rings (SSSR count). The maximum absolute atomic E-state index is 6.07. The predicted molar refractivity (Wildman–Crippen MR) is 70.1 cm³/mol. The Kier molecular flexibility index (Phi) is 5.36. The first-order valence-electron chi connectivity index (χ1n) is 5.39. The fourth-order valence-electron chi connectivity index (χ4n) is 1.42. The van der Waals surface area contributed by atoms with Gasteiger partial charge in [-0.25, -0.2) is 0 Å². The van der Waals surface area contributed by atoms with E-state index in [0.29, 0.717) is 0 Å². The molecule has 0 saturated heterocycles. The highest BCUT2D eigenvalue weighted by atomic mass is 35.5. The zero-order valence-corrected chi connectivity index (χ0v) is 10.6. The normalized spacial score (nSPS) is 11.0. The molecule has 0 heterocycles. The van der Waals surface area contributed by atoms with Crippen molar-refractivity contribution in [1.82, 2.24) is 0 Å². The Morgan fingerprint density at radius 2 is 2.19 bits per heavy atom. The summed E-state index contributed by atoms with van der Waals surface area (Å²) in [5.74, 6) is 0.853. The first-order valence-corrected chi connectivity index (χ1v) is 5.77. The summed E-state index contributed by atoms with van der Waals surface area (Å²) in [5.41, 5.74) is 7.46. The van der Waals surface area contributed by atoms with Crippen LogP contribution < -0.4 is 10.5 Å². The molecule has 0 aliphatic heterocycles. The van der Waals surface area contributed by atoms with E-state index >= 15 is 0 Å². The van der Waals surface area contributed by atoms with Gasteiger partial charge in [0, 0.05) is 10.6 Å². The van der Waals surface area contributed by atoms with Crippen molar-refractivity contribution in [1.29, 1.82) is 0 Å². The molecular weight excluding hydrogens is 222 g/mol. The minimum absolute atomic E-state index is 0.718. The molecule has 0 aliphatic carbocycles. The lowest BCUT2D eigenvalue weighted by Crippen LogP contribution is -1.96. The Balaban J connectivity index is 2.85. The Morgan fingerprint density at radius 3 is 2.81 bits per heavy atom. The third-order valence-corrected chi connectivity index (χ3v) is 2.79. The zero-order chi connectivity index (χ0) is 12.0. The second kappa shape index (κ2) is 6.56. The van der Waals surface area contributed by atoms with Gasteiger partial charge in [0.1, 0.15) is 5.75 Å². The van der Waals surface area contributed by atoms with Crippen LogP contribution in [0.3, 0.4) is 0 Å². The SMILES string of the molecule is COc1cc(C)c(Cl)cc1/C=C/CCCN. The summed E-state index contributed by atoms with van der Waals surface area (Å²) in [6.07, 6.45) is 6.10. The summed E-state index contributed by atoms with van der Waals surface area (Å²) >= 11 is 6.07. The van der Waals surface area contributed by atoms with E-state index in [1.165, 1.54) is 0 Å². The molecule has 16 heavy (non-hydrogen) atoms. The standard InChI is InChI=1S/C13H18ClNO/c1-10-8-13(16-2)11(9-12(10)14)6-4-3-5-7-15/h4,6,8-9H,3,5,7,15H2,1-2H3/b6-4+. The van der Waals surface area contributed by atoms with E-state index in [0.717, 1.165) is 41.3 Å². The van der Waals surface area contributed by atoms with Gasteiger partial charge in [-0.05, 0) is 44.0 Å². The van der Waals surface area contributed by atoms with E-state index in [1.54, 1.807) is 7.11 Å². The molecule has 0 unspecified atom stereocenters. The number of hydrogen-bond acceptors (Lipinski definition) is 2. The number of unbranched alkanes of at least 4 members (excludes halogenated alkanes) is 1. The molecule has 0 bridgehead atoms. The largest absolute Gasteiger partial charge is 0.496 e. The van der Waals surface area contributed by atoms with E-state index in [1.807, 2.05) is 25.1 Å². The second-order valence-corrected chi connectivity index (χ2v) is 4.08. The molecule has 88 valence electrons. The minimum Gasteiger partial charge on any atom is -0.496 e. The van der Waals surface area contributed by atoms with Gasteiger partial charge < -0.3 is 10.5 Å². The maximum Gasteiger partial charge on any atom is 0.126 e. The topological polar surface area (TPSA) is 35.2 Å². The number of ether oxygens (including phenoxy) is 1. The minimum atomic E-state index is 0.718. The number of rotatable bonds is 5. The number of allylic oxidation sites excluding steroid dienone is 1. The Morgan fingerprint density at radius 1 is 1.44 bits per heavy atom. The Hall–Kier alpha value is -0.990. The number of hydrogen-bond donors (Lipinski definition) is 1. The summed E-state index contributed by atoms with van der Waals surface area (Å²) in [5, 5.41) is 0.763. The van der Waals surface area contributed by atoms with Crippen molar-refractivity contribution in [3.63, 3.8) is 0 Å². The van der Waals surface area contributed by atoms with Crippen LogP contribution in [0.4, 0.5) is 0 Å². The molecule has 1 aromatic carbocycles. The second-order valence-electron chi connectivity index (χ2n) is 3.68. The monoisotopic (exact) mass is 239 g/mol. The van der Waals surface area contributed by atoms with Crippen LogP contribution in [0.1, 0.15) is 24.0 Å². The summed E-state index contributed by atoms with van der Waals surface area (Å²) < 4.78 is 5.30. The van der Waals surface area contributed by atoms with Gasteiger partial charge in [-0.1, -0.05) is 23.8 Å². The molecule has 3 heteroatoms. The molecule has 0 fully saturated rings. The third kappa shape index (κ3) is 3.54. The average Bonchev–Trinajstić information content (AvgIpc) is 2.28. The van der Waals surface area contributed by atoms with Crippen LogP contribution in [0.5, 0.6) is 5.75 Å². The van der Waals surface area contributed by atoms with Crippen LogP contribution in [0.15, 0.2) is 18.2 Å². The van der Waals surface area contributed by atoms with Gasteiger partial charge in [-0.15, -0.1) is 0 Å². The molecule has 0 aliphatic rings. The summed E-state index contributed by atoms with van der Waals surface area (Å²) in [6.45, 7) is 2.68. The number of aryl methyl sites for hydroxylation is 1. The van der Waals surface area contributed by atoms with Crippen LogP contribution >= 0.6 is 11.6 Å². The van der Waals surface area contributed by atoms with Crippen molar-refractivity contribution >= 4 is 17.7 Å². The highest BCUT2D eigenvalue weighted by Gasteiger charge is 2.03. The van der Waals surface area contributed by atoms with E-state index in [4.69, 9.17) is 22.1 Å². The smallest absolute Gasteiger partial charge is 0.126 e. The predicted octanol–water partition coefficient (Wildman–Crippen LogP) is 3.41. The first kappa shape index (κ1) is 13.1. The van der Waals surface area contributed by atoms with Crippen LogP contribution in [-0.2, 0) is 0 Å². The molecule has 0 amide bonds. The highest BCUT2D eigenvalue weighted by molar-refractivity contribution is 6.31. The molecule has 2 N–H and O–H groups in total. The average molecular weight is 240 g/mol. The Bertz CT molecular complexity index is 374. The third-order valence-electron chi connectivity index (χ3n) is 2.38. The quantitative estimate of drug-likeness (QED) is 0.800. The summed E-state index contributed by atoms with van der Waals surface area (Å²) in [4.78, 5) is 0. The van der Waals surface area contributed by atoms with Gasteiger partial charge in [-0.2, -0.15) is 0 Å². The molecule has 2 nitrogen and oxygen atoms in total. The summed E-state index contributed by atoms with van der Waals surface area (Å²) in [6, 6.07) is 3.87. The number of nitrogens with two attached hydrogens (primary N) is 1. The van der Waals surface area contributed by atoms with Crippen molar-refractivity contribution in [3.05, 3.63) is 34.4 Å². The summed E-state index contributed by atoms with van der Waals surface area (Å²) in [7, 11) is 1.67. The maximum atomic E-state index is 6.07. The molecule has 0 atom stereocenters. The van der Waals surface area contributed by atoms with Crippen LogP contribution in [0, 0.1) is 6.92 Å². The van der Waals surface area contributed by atoms with Gasteiger partial charge in [0.2, 0.25) is 0 Å². The number of halogens is 1. The van der Waals surface area contributed by atoms with E-state index in [2.05, 4.69) is 6.08 Å². The van der Waals surface area contributed by atoms with Crippen LogP contribution in [0.2, 0.25) is 5.02 Å². The van der Waals surface area contributed by atoms with Gasteiger partial charge in [-0.3, -0.25) is 0 Å².